The van der Waals surface area contributed by atoms with Crippen molar-refractivity contribution in [1.82, 2.24) is 0 Å². The second kappa shape index (κ2) is 8.98. The van der Waals surface area contributed by atoms with Gasteiger partial charge >= 0.3 is 5.97 Å². The molecule has 0 saturated carbocycles. The smallest absolute Gasteiger partial charge is 0.338 e. The molecule has 1 saturated heterocycles. The van der Waals surface area contributed by atoms with E-state index in [0.29, 0.717) is 16.8 Å². The van der Waals surface area contributed by atoms with Gasteiger partial charge < -0.3 is 14.6 Å². The molecule has 0 amide bonds. The number of carbonyl (C=O) groups excluding carboxylic acids is 1. The Morgan fingerprint density at radius 2 is 1.79 bits per heavy atom. The Bertz CT molecular complexity index is 957. The molecule has 6 heteroatoms. The number of ether oxygens (including phenoxy) is 2. The summed E-state index contributed by atoms with van der Waals surface area (Å²) in [6.07, 6.45) is 7.24. The fraction of sp³-hybridized carbons (Fsp3) is 0.667. The zero-order chi connectivity index (χ0) is 24.2. The molecule has 0 aromatic heterocycles. The fourth-order valence-electron chi connectivity index (χ4n) is 6.10. The van der Waals surface area contributed by atoms with E-state index in [0.717, 1.165) is 37.7 Å². The Balaban J connectivity index is 1.79. The van der Waals surface area contributed by atoms with Gasteiger partial charge in [0.15, 0.2) is 0 Å². The number of allylic oxidation sites excluding steroid dienone is 2. The van der Waals surface area contributed by atoms with Gasteiger partial charge in [-0.15, -0.1) is 0 Å². The van der Waals surface area contributed by atoms with Gasteiger partial charge in [-0.2, -0.15) is 0 Å². The summed E-state index contributed by atoms with van der Waals surface area (Å²) in [5.41, 5.74) is 1.69. The molecule has 3 aliphatic heterocycles. The van der Waals surface area contributed by atoms with Gasteiger partial charge in [0.1, 0.15) is 17.5 Å². The van der Waals surface area contributed by atoms with E-state index in [1.807, 2.05) is 19.9 Å². The van der Waals surface area contributed by atoms with E-state index in [2.05, 4.69) is 58.7 Å². The van der Waals surface area contributed by atoms with E-state index >= 15 is 0 Å². The quantitative estimate of drug-likeness (QED) is 0.201. The summed E-state index contributed by atoms with van der Waals surface area (Å²) in [6.45, 7) is 10.8. The van der Waals surface area contributed by atoms with Crippen molar-refractivity contribution in [3.05, 3.63) is 41.0 Å². The summed E-state index contributed by atoms with van der Waals surface area (Å²) < 4.78 is 12.6. The monoisotopic (exact) mass is 582 g/mol. The first-order valence-corrected chi connectivity index (χ1v) is 13.9. The number of carbonyl (C=O) groups is 1. The molecule has 0 radical (unpaired) electrons. The van der Waals surface area contributed by atoms with Gasteiger partial charge in [-0.05, 0) is 101 Å². The molecule has 1 aliphatic carbocycles. The highest BCUT2D eigenvalue weighted by molar-refractivity contribution is 9.09. The van der Waals surface area contributed by atoms with Crippen LogP contribution in [0.2, 0.25) is 0 Å². The maximum Gasteiger partial charge on any atom is 0.338 e. The summed E-state index contributed by atoms with van der Waals surface area (Å²) in [7, 11) is 0. The second-order valence-electron chi connectivity index (χ2n) is 11.2. The van der Waals surface area contributed by atoms with Crippen LogP contribution in [0, 0.1) is 11.3 Å². The molecule has 3 heterocycles. The largest absolute Gasteiger partial charge is 0.508 e. The van der Waals surface area contributed by atoms with Gasteiger partial charge in [0.2, 0.25) is 0 Å². The van der Waals surface area contributed by atoms with Crippen LogP contribution in [0.1, 0.15) is 82.6 Å². The highest BCUT2D eigenvalue weighted by Crippen LogP contribution is 2.52. The average Bonchev–Trinajstić information content (AvgIpc) is 2.74. The lowest BCUT2D eigenvalue weighted by Crippen LogP contribution is -2.56. The highest BCUT2D eigenvalue weighted by Gasteiger charge is 2.50. The number of hydrogen-bond acceptors (Lipinski definition) is 4. The molecule has 0 unspecified atom stereocenters. The summed E-state index contributed by atoms with van der Waals surface area (Å²) in [4.78, 5) is 13.6. The number of rotatable bonds is 0. The van der Waals surface area contributed by atoms with Crippen molar-refractivity contribution in [2.45, 2.75) is 100 Å². The van der Waals surface area contributed by atoms with Crippen LogP contribution >= 0.6 is 31.9 Å². The molecule has 4 bridgehead atoms. The van der Waals surface area contributed by atoms with Gasteiger partial charge in [-0.25, -0.2) is 4.79 Å². The maximum atomic E-state index is 13.1. The first-order valence-electron chi connectivity index (χ1n) is 12.0. The van der Waals surface area contributed by atoms with Gasteiger partial charge in [-0.1, -0.05) is 50.4 Å². The number of fused-ring (bicyclic) bond motifs is 5. The number of halogens is 2. The van der Waals surface area contributed by atoms with Crippen LogP contribution in [0.15, 0.2) is 29.8 Å². The maximum absolute atomic E-state index is 13.1. The molecule has 4 aliphatic rings. The predicted octanol–water partition coefficient (Wildman–Crippen LogP) is 7.10. The van der Waals surface area contributed by atoms with E-state index in [9.17, 15) is 9.90 Å². The normalized spacial score (nSPS) is 39.0. The lowest BCUT2D eigenvalue weighted by atomic mass is 9.62. The van der Waals surface area contributed by atoms with Crippen LogP contribution in [0.3, 0.4) is 0 Å². The van der Waals surface area contributed by atoms with Crippen LogP contribution in [0.5, 0.6) is 5.75 Å². The number of phenols is 1. The summed E-state index contributed by atoms with van der Waals surface area (Å²) in [6, 6.07) is 5.10. The van der Waals surface area contributed by atoms with Gasteiger partial charge in [-0.3, -0.25) is 0 Å². The van der Waals surface area contributed by atoms with Gasteiger partial charge in [0, 0.05) is 9.65 Å². The van der Waals surface area contributed by atoms with Crippen molar-refractivity contribution in [2.75, 3.05) is 0 Å². The molecule has 182 valence electrons. The molecule has 6 atom stereocenters. The Morgan fingerprint density at radius 1 is 1.06 bits per heavy atom. The lowest BCUT2D eigenvalue weighted by molar-refractivity contribution is -0.214. The number of hydrogen-bond donors (Lipinski definition) is 1. The predicted molar refractivity (Wildman–Crippen MR) is 138 cm³/mol. The molecule has 1 fully saturated rings. The molecule has 1 aromatic rings. The Hall–Kier alpha value is -0.850. The summed E-state index contributed by atoms with van der Waals surface area (Å²) in [5, 5.41) is 10.7. The van der Waals surface area contributed by atoms with E-state index in [1.54, 1.807) is 12.1 Å². The van der Waals surface area contributed by atoms with E-state index in [4.69, 9.17) is 9.47 Å². The molecule has 0 spiro atoms. The van der Waals surface area contributed by atoms with Crippen LogP contribution in [0.4, 0.5) is 0 Å². The third kappa shape index (κ3) is 4.69. The molecule has 1 aromatic carbocycles. The van der Waals surface area contributed by atoms with Gasteiger partial charge in [0.25, 0.3) is 0 Å². The van der Waals surface area contributed by atoms with Crippen molar-refractivity contribution in [3.63, 3.8) is 0 Å². The first kappa shape index (κ1) is 25.2. The van der Waals surface area contributed by atoms with Crippen molar-refractivity contribution in [3.8, 4) is 5.75 Å². The third-order valence-corrected chi connectivity index (χ3v) is 11.3. The second-order valence-corrected chi connectivity index (χ2v) is 13.4. The van der Waals surface area contributed by atoms with E-state index in [-0.39, 0.29) is 39.6 Å². The van der Waals surface area contributed by atoms with Crippen molar-refractivity contribution in [2.24, 2.45) is 11.3 Å². The standard InChI is InChI=1S/C27H36Br2O4/c1-16-6-9-21(28)26(4)12-10-22(29)27(5)13-11-23(25(2,3)33-27)32-24(31)17-7-8-20(30)18(14-17)15-19(16)26/h6-8,14,19,21-23,30H,9-13,15H2,1-5H3/t19-,21+,22-,23+,26+,27-/m1/s1. The zero-order valence-corrected chi connectivity index (χ0v) is 23.5. The van der Waals surface area contributed by atoms with E-state index in [1.165, 1.54) is 5.57 Å². The third-order valence-electron chi connectivity index (χ3n) is 8.47. The number of aromatic hydroxyl groups is 1. The SMILES string of the molecule is CC1=CC[C@H](Br)[C@@]2(C)CC[C@@H](Br)[C@@]3(C)CC[C@H](OC(=O)c4ccc(O)c(c4)C[C@H]12)C(C)(C)O3. The molecule has 5 rings (SSSR count). The molecular formula is C27H36Br2O4. The van der Waals surface area contributed by atoms with Crippen molar-refractivity contribution < 1.29 is 19.4 Å². The number of esters is 1. The number of phenolic OH excluding ortho intramolecular Hbond substituents is 1. The molecule has 4 nitrogen and oxygen atoms in total. The highest BCUT2D eigenvalue weighted by atomic mass is 79.9. The molecular weight excluding hydrogens is 548 g/mol. The Morgan fingerprint density at radius 3 is 2.48 bits per heavy atom. The average molecular weight is 584 g/mol. The van der Waals surface area contributed by atoms with Crippen LogP contribution in [-0.2, 0) is 15.9 Å². The first-order chi connectivity index (χ1) is 15.4. The lowest BCUT2D eigenvalue weighted by Gasteiger charge is -2.50. The molecule has 1 N–H and O–H groups in total. The van der Waals surface area contributed by atoms with Gasteiger partial charge in [0.05, 0.1) is 11.2 Å². The number of benzene rings is 1. The topological polar surface area (TPSA) is 55.8 Å². The minimum Gasteiger partial charge on any atom is -0.508 e. The minimum atomic E-state index is -0.594. The summed E-state index contributed by atoms with van der Waals surface area (Å²) >= 11 is 8.00. The molecule has 33 heavy (non-hydrogen) atoms. The zero-order valence-electron chi connectivity index (χ0n) is 20.3. The minimum absolute atomic E-state index is 0.00291. The summed E-state index contributed by atoms with van der Waals surface area (Å²) in [5.74, 6) is 0.126. The van der Waals surface area contributed by atoms with E-state index < -0.39 is 5.60 Å². The Kier molecular flexibility index (Phi) is 6.87. The number of alkyl halides is 2. The Labute approximate surface area is 214 Å². The van der Waals surface area contributed by atoms with Crippen molar-refractivity contribution in [1.29, 1.82) is 0 Å². The van der Waals surface area contributed by atoms with Crippen molar-refractivity contribution >= 4 is 37.8 Å². The van der Waals surface area contributed by atoms with Crippen LogP contribution in [-0.4, -0.2) is 38.0 Å². The van der Waals surface area contributed by atoms with Crippen LogP contribution in [0.25, 0.3) is 0 Å². The fourth-order valence-corrected chi connectivity index (χ4v) is 7.39. The van der Waals surface area contributed by atoms with Crippen LogP contribution < -0.4 is 0 Å².